The first-order valence-electron chi connectivity index (χ1n) is 8.43. The van der Waals surface area contributed by atoms with E-state index in [4.69, 9.17) is 0 Å². The highest BCUT2D eigenvalue weighted by Gasteiger charge is 2.30. The molecule has 3 rings (SSSR count). The van der Waals surface area contributed by atoms with Crippen LogP contribution in [0.4, 0.5) is 0 Å². The van der Waals surface area contributed by atoms with Gasteiger partial charge in [-0.05, 0) is 36.5 Å². The highest BCUT2D eigenvalue weighted by atomic mass is 16.4. The second-order valence-corrected chi connectivity index (χ2v) is 6.66. The van der Waals surface area contributed by atoms with Gasteiger partial charge < -0.3 is 15.3 Å². The van der Waals surface area contributed by atoms with Gasteiger partial charge in [-0.1, -0.05) is 25.0 Å². The smallest absolute Gasteiger partial charge is 0.326 e. The average molecular weight is 330 g/mol. The molecule has 6 nitrogen and oxygen atoms in total. The van der Waals surface area contributed by atoms with Crippen molar-refractivity contribution < 1.29 is 19.5 Å². The molecule has 0 aromatic heterocycles. The third-order valence-corrected chi connectivity index (χ3v) is 4.63. The molecular weight excluding hydrogens is 308 g/mol. The van der Waals surface area contributed by atoms with Crippen LogP contribution in [-0.4, -0.2) is 40.4 Å². The number of carbonyl (C=O) groups excluding carboxylic acids is 2. The first-order chi connectivity index (χ1) is 11.5. The van der Waals surface area contributed by atoms with E-state index in [1.165, 1.54) is 0 Å². The zero-order valence-electron chi connectivity index (χ0n) is 13.5. The summed E-state index contributed by atoms with van der Waals surface area (Å²) < 4.78 is 0. The Morgan fingerprint density at radius 1 is 1.25 bits per heavy atom. The fraction of sp³-hybridized carbons (Fsp3) is 0.500. The fourth-order valence-corrected chi connectivity index (χ4v) is 3.00. The Morgan fingerprint density at radius 2 is 1.96 bits per heavy atom. The van der Waals surface area contributed by atoms with Crippen LogP contribution < -0.4 is 5.32 Å². The molecule has 1 aliphatic carbocycles. The number of benzene rings is 1. The van der Waals surface area contributed by atoms with Gasteiger partial charge in [-0.15, -0.1) is 0 Å². The Morgan fingerprint density at radius 3 is 2.50 bits per heavy atom. The molecule has 1 heterocycles. The standard InChI is InChI=1S/C18H22N2O4/c21-16-2-1-9-20(16)11-13-5-7-14(8-6-13)17(22)19-15(18(23)24)10-12-3-4-12/h5-8,12,15H,1-4,9-11H2,(H,19,22)(H,23,24). The monoisotopic (exact) mass is 330 g/mol. The number of nitrogens with zero attached hydrogens (tertiary/aromatic N) is 1. The molecule has 2 amide bonds. The van der Waals surface area contributed by atoms with Crippen molar-refractivity contribution in [2.24, 2.45) is 5.92 Å². The SMILES string of the molecule is O=C(NC(CC1CC1)C(=O)O)c1ccc(CN2CCCC2=O)cc1. The Labute approximate surface area is 140 Å². The Balaban J connectivity index is 1.58. The van der Waals surface area contributed by atoms with Crippen LogP contribution >= 0.6 is 0 Å². The van der Waals surface area contributed by atoms with E-state index in [9.17, 15) is 19.5 Å². The number of amides is 2. The van der Waals surface area contributed by atoms with Gasteiger partial charge in [0.15, 0.2) is 0 Å². The maximum Gasteiger partial charge on any atom is 0.326 e. The lowest BCUT2D eigenvalue weighted by molar-refractivity contribution is -0.139. The number of carboxylic acids is 1. The van der Waals surface area contributed by atoms with Gasteiger partial charge in [-0.2, -0.15) is 0 Å². The van der Waals surface area contributed by atoms with Gasteiger partial charge in [-0.3, -0.25) is 9.59 Å². The van der Waals surface area contributed by atoms with Crippen molar-refractivity contribution in [1.29, 1.82) is 0 Å². The molecule has 1 unspecified atom stereocenters. The van der Waals surface area contributed by atoms with E-state index < -0.39 is 12.0 Å². The van der Waals surface area contributed by atoms with Gasteiger partial charge in [-0.25, -0.2) is 4.79 Å². The molecule has 128 valence electrons. The van der Waals surface area contributed by atoms with E-state index in [1.807, 2.05) is 17.0 Å². The Kier molecular flexibility index (Phi) is 4.83. The van der Waals surface area contributed by atoms with Gasteiger partial charge in [0.1, 0.15) is 6.04 Å². The summed E-state index contributed by atoms with van der Waals surface area (Å²) in [6.45, 7) is 1.34. The van der Waals surface area contributed by atoms with Crippen molar-refractivity contribution in [1.82, 2.24) is 10.2 Å². The quantitative estimate of drug-likeness (QED) is 0.798. The minimum atomic E-state index is -0.987. The van der Waals surface area contributed by atoms with Crippen LogP contribution in [0.1, 0.15) is 48.0 Å². The van der Waals surface area contributed by atoms with Crippen molar-refractivity contribution in [2.75, 3.05) is 6.54 Å². The summed E-state index contributed by atoms with van der Waals surface area (Å²) in [6, 6.07) is 6.17. The number of rotatable bonds is 7. The van der Waals surface area contributed by atoms with E-state index in [1.54, 1.807) is 12.1 Å². The number of hydrogen-bond donors (Lipinski definition) is 2. The number of carbonyl (C=O) groups is 3. The molecule has 0 spiro atoms. The molecule has 2 N–H and O–H groups in total. The number of carboxylic acid groups (broad SMARTS) is 1. The zero-order valence-corrected chi connectivity index (χ0v) is 13.5. The zero-order chi connectivity index (χ0) is 17.1. The summed E-state index contributed by atoms with van der Waals surface area (Å²) in [4.78, 5) is 36.9. The van der Waals surface area contributed by atoms with E-state index in [2.05, 4.69) is 5.32 Å². The predicted octanol–water partition coefficient (Wildman–Crippen LogP) is 1.79. The third-order valence-electron chi connectivity index (χ3n) is 4.63. The lowest BCUT2D eigenvalue weighted by Gasteiger charge is -2.16. The average Bonchev–Trinajstić information content (AvgIpc) is 3.29. The van der Waals surface area contributed by atoms with E-state index in [0.717, 1.165) is 31.4 Å². The highest BCUT2D eigenvalue weighted by Crippen LogP contribution is 2.33. The summed E-state index contributed by atoms with van der Waals surface area (Å²) in [7, 11) is 0. The maximum absolute atomic E-state index is 12.2. The van der Waals surface area contributed by atoms with Crippen molar-refractivity contribution in [3.05, 3.63) is 35.4 Å². The van der Waals surface area contributed by atoms with Crippen LogP contribution in [-0.2, 0) is 16.1 Å². The van der Waals surface area contributed by atoms with Crippen molar-refractivity contribution in [2.45, 2.75) is 44.7 Å². The van der Waals surface area contributed by atoms with E-state index in [0.29, 0.717) is 30.9 Å². The fourth-order valence-electron chi connectivity index (χ4n) is 3.00. The molecule has 1 aromatic carbocycles. The Hall–Kier alpha value is -2.37. The summed E-state index contributed by atoms with van der Waals surface area (Å²) in [5.74, 6) is -0.765. The maximum atomic E-state index is 12.2. The molecule has 1 aromatic rings. The summed E-state index contributed by atoms with van der Waals surface area (Å²) in [5.41, 5.74) is 1.41. The highest BCUT2D eigenvalue weighted by molar-refractivity contribution is 5.96. The molecule has 1 saturated heterocycles. The van der Waals surface area contributed by atoms with Crippen LogP contribution in [0.2, 0.25) is 0 Å². The molecule has 0 radical (unpaired) electrons. The largest absolute Gasteiger partial charge is 0.480 e. The molecule has 2 aliphatic rings. The number of nitrogens with one attached hydrogen (secondary N) is 1. The lowest BCUT2D eigenvalue weighted by atomic mass is 10.1. The molecule has 2 fully saturated rings. The van der Waals surface area contributed by atoms with Gasteiger partial charge in [0.2, 0.25) is 5.91 Å². The minimum absolute atomic E-state index is 0.168. The van der Waals surface area contributed by atoms with Crippen molar-refractivity contribution in [3.8, 4) is 0 Å². The Bertz CT molecular complexity index is 637. The van der Waals surface area contributed by atoms with Crippen molar-refractivity contribution in [3.63, 3.8) is 0 Å². The second-order valence-electron chi connectivity index (χ2n) is 6.66. The molecule has 1 saturated carbocycles. The first kappa shape index (κ1) is 16.5. The van der Waals surface area contributed by atoms with E-state index in [-0.39, 0.29) is 11.8 Å². The molecule has 1 aliphatic heterocycles. The normalized spacial score (nSPS) is 18.5. The van der Waals surface area contributed by atoms with Crippen LogP contribution in [0.25, 0.3) is 0 Å². The molecule has 0 bridgehead atoms. The predicted molar refractivity (Wildman–Crippen MR) is 87.3 cm³/mol. The van der Waals surface area contributed by atoms with Crippen LogP contribution in [0, 0.1) is 5.92 Å². The van der Waals surface area contributed by atoms with Crippen molar-refractivity contribution >= 4 is 17.8 Å². The van der Waals surface area contributed by atoms with Gasteiger partial charge in [0, 0.05) is 25.1 Å². The molecule has 6 heteroatoms. The lowest BCUT2D eigenvalue weighted by Crippen LogP contribution is -2.41. The summed E-state index contributed by atoms with van der Waals surface area (Å²) in [6.07, 6.45) is 4.10. The van der Waals surface area contributed by atoms with E-state index >= 15 is 0 Å². The topological polar surface area (TPSA) is 86.7 Å². The minimum Gasteiger partial charge on any atom is -0.480 e. The number of hydrogen-bond acceptors (Lipinski definition) is 3. The summed E-state index contributed by atoms with van der Waals surface area (Å²) in [5, 5.41) is 11.8. The summed E-state index contributed by atoms with van der Waals surface area (Å²) >= 11 is 0. The second kappa shape index (κ2) is 7.03. The number of likely N-dealkylation sites (tertiary alicyclic amines) is 1. The number of aliphatic carboxylic acids is 1. The van der Waals surface area contributed by atoms with Gasteiger partial charge >= 0.3 is 5.97 Å². The van der Waals surface area contributed by atoms with Crippen LogP contribution in [0.5, 0.6) is 0 Å². The third kappa shape index (κ3) is 4.13. The van der Waals surface area contributed by atoms with Gasteiger partial charge in [0.05, 0.1) is 0 Å². The molecular formula is C18H22N2O4. The van der Waals surface area contributed by atoms with Crippen LogP contribution in [0.3, 0.4) is 0 Å². The molecule has 24 heavy (non-hydrogen) atoms. The van der Waals surface area contributed by atoms with Gasteiger partial charge in [0.25, 0.3) is 5.91 Å². The van der Waals surface area contributed by atoms with Crippen LogP contribution in [0.15, 0.2) is 24.3 Å². The molecule has 1 atom stereocenters. The first-order valence-corrected chi connectivity index (χ1v) is 8.43.